The molecule has 0 aromatic heterocycles. The molecule has 0 atom stereocenters. The highest BCUT2D eigenvalue weighted by molar-refractivity contribution is 9.09. The SMILES string of the molecule is CCC(C)(C)C(=O)NC(C)(CBr)CBr. The van der Waals surface area contributed by atoms with Crippen molar-refractivity contribution < 1.29 is 4.79 Å². The second-order valence-electron chi connectivity index (χ2n) is 4.52. The van der Waals surface area contributed by atoms with E-state index >= 15 is 0 Å². The molecule has 84 valence electrons. The Balaban J connectivity index is 4.45. The number of alkyl halides is 2. The van der Waals surface area contributed by atoms with Gasteiger partial charge in [0.1, 0.15) is 0 Å². The number of hydrogen-bond donors (Lipinski definition) is 1. The number of nitrogens with one attached hydrogen (secondary N) is 1. The molecule has 0 fully saturated rings. The number of carbonyl (C=O) groups is 1. The van der Waals surface area contributed by atoms with Crippen molar-refractivity contribution in [2.45, 2.75) is 39.7 Å². The molecule has 0 bridgehead atoms. The van der Waals surface area contributed by atoms with E-state index in [-0.39, 0.29) is 16.9 Å². The number of carbonyl (C=O) groups excluding carboxylic acids is 1. The minimum atomic E-state index is -0.286. The molecular weight excluding hydrogens is 310 g/mol. The largest absolute Gasteiger partial charge is 0.349 e. The van der Waals surface area contributed by atoms with Gasteiger partial charge in [-0.25, -0.2) is 0 Å². The normalized spacial score (nSPS) is 12.7. The summed E-state index contributed by atoms with van der Waals surface area (Å²) in [5, 5.41) is 4.54. The summed E-state index contributed by atoms with van der Waals surface area (Å²) in [6.45, 7) is 7.97. The lowest BCUT2D eigenvalue weighted by Crippen LogP contribution is -2.52. The highest BCUT2D eigenvalue weighted by Gasteiger charge is 2.31. The molecular formula is C10H19Br2NO. The maximum Gasteiger partial charge on any atom is 0.226 e. The van der Waals surface area contributed by atoms with Crippen molar-refractivity contribution in [3.63, 3.8) is 0 Å². The van der Waals surface area contributed by atoms with Crippen LogP contribution in [0.15, 0.2) is 0 Å². The van der Waals surface area contributed by atoms with Crippen LogP contribution in [0.3, 0.4) is 0 Å². The van der Waals surface area contributed by atoms with Crippen LogP contribution in [-0.4, -0.2) is 22.1 Å². The molecule has 2 nitrogen and oxygen atoms in total. The molecule has 0 aromatic carbocycles. The van der Waals surface area contributed by atoms with Gasteiger partial charge in [-0.1, -0.05) is 52.6 Å². The van der Waals surface area contributed by atoms with Gasteiger partial charge in [-0.15, -0.1) is 0 Å². The standard InChI is InChI=1S/C10H19Br2NO/c1-5-9(2,3)8(14)13-10(4,6-11)7-12/h5-7H2,1-4H3,(H,13,14). The maximum absolute atomic E-state index is 11.9. The van der Waals surface area contributed by atoms with Crippen LogP contribution in [0.25, 0.3) is 0 Å². The summed E-state index contributed by atoms with van der Waals surface area (Å²) in [7, 11) is 0. The van der Waals surface area contributed by atoms with Gasteiger partial charge in [0.2, 0.25) is 5.91 Å². The highest BCUT2D eigenvalue weighted by atomic mass is 79.9. The van der Waals surface area contributed by atoms with Crippen LogP contribution in [0.2, 0.25) is 0 Å². The summed E-state index contributed by atoms with van der Waals surface area (Å²) >= 11 is 6.81. The lowest BCUT2D eigenvalue weighted by atomic mass is 9.88. The summed E-state index contributed by atoms with van der Waals surface area (Å²) in [6, 6.07) is 0. The van der Waals surface area contributed by atoms with E-state index in [2.05, 4.69) is 37.2 Å². The number of rotatable bonds is 5. The van der Waals surface area contributed by atoms with Crippen LogP contribution in [0.5, 0.6) is 0 Å². The first-order valence-electron chi connectivity index (χ1n) is 4.76. The lowest BCUT2D eigenvalue weighted by Gasteiger charge is -2.31. The van der Waals surface area contributed by atoms with Gasteiger partial charge in [-0.2, -0.15) is 0 Å². The van der Waals surface area contributed by atoms with Crippen LogP contribution in [0.4, 0.5) is 0 Å². The first-order valence-corrected chi connectivity index (χ1v) is 7.00. The molecule has 1 N–H and O–H groups in total. The number of halogens is 2. The maximum atomic E-state index is 11.9. The van der Waals surface area contributed by atoms with Crippen molar-refractivity contribution in [3.8, 4) is 0 Å². The smallest absolute Gasteiger partial charge is 0.226 e. The highest BCUT2D eigenvalue weighted by Crippen LogP contribution is 2.22. The number of hydrogen-bond acceptors (Lipinski definition) is 1. The fourth-order valence-corrected chi connectivity index (χ4v) is 1.92. The molecule has 0 aliphatic heterocycles. The van der Waals surface area contributed by atoms with Crippen LogP contribution in [0.1, 0.15) is 34.1 Å². The fraction of sp³-hybridized carbons (Fsp3) is 0.900. The van der Waals surface area contributed by atoms with E-state index in [4.69, 9.17) is 0 Å². The Morgan fingerprint density at radius 1 is 1.21 bits per heavy atom. The Labute approximate surface area is 103 Å². The average Bonchev–Trinajstić information content (AvgIpc) is 2.17. The van der Waals surface area contributed by atoms with E-state index in [1.807, 2.05) is 27.7 Å². The van der Waals surface area contributed by atoms with E-state index in [0.717, 1.165) is 17.1 Å². The number of amides is 1. The Morgan fingerprint density at radius 2 is 1.64 bits per heavy atom. The monoisotopic (exact) mass is 327 g/mol. The van der Waals surface area contributed by atoms with Gasteiger partial charge >= 0.3 is 0 Å². The molecule has 4 heteroatoms. The van der Waals surface area contributed by atoms with Gasteiger partial charge in [0, 0.05) is 16.1 Å². The van der Waals surface area contributed by atoms with Gasteiger partial charge in [0.25, 0.3) is 0 Å². The second-order valence-corrected chi connectivity index (χ2v) is 5.64. The molecule has 0 saturated carbocycles. The Kier molecular flexibility index (Phi) is 5.67. The third-order valence-corrected chi connectivity index (χ3v) is 4.98. The molecule has 0 heterocycles. The fourth-order valence-electron chi connectivity index (χ4n) is 0.706. The zero-order chi connectivity index (χ0) is 11.4. The van der Waals surface area contributed by atoms with E-state index < -0.39 is 0 Å². The summed E-state index contributed by atoms with van der Waals surface area (Å²) < 4.78 is 0. The van der Waals surface area contributed by atoms with Gasteiger partial charge in [-0.3, -0.25) is 4.79 Å². The van der Waals surface area contributed by atoms with Crippen LogP contribution >= 0.6 is 31.9 Å². The third kappa shape index (κ3) is 3.89. The quantitative estimate of drug-likeness (QED) is 0.772. The van der Waals surface area contributed by atoms with Gasteiger partial charge in [0.05, 0.1) is 5.54 Å². The van der Waals surface area contributed by atoms with E-state index in [1.165, 1.54) is 0 Å². The molecule has 0 spiro atoms. The molecule has 0 aromatic rings. The van der Waals surface area contributed by atoms with Gasteiger partial charge < -0.3 is 5.32 Å². The van der Waals surface area contributed by atoms with E-state index in [0.29, 0.717) is 0 Å². The molecule has 0 radical (unpaired) electrons. The summed E-state index contributed by atoms with van der Waals surface area (Å²) in [5.74, 6) is 0.112. The topological polar surface area (TPSA) is 29.1 Å². The van der Waals surface area contributed by atoms with Crippen molar-refractivity contribution in [3.05, 3.63) is 0 Å². The zero-order valence-corrected chi connectivity index (χ0v) is 12.5. The van der Waals surface area contributed by atoms with Crippen molar-refractivity contribution >= 4 is 37.8 Å². The van der Waals surface area contributed by atoms with Crippen molar-refractivity contribution in [1.82, 2.24) is 5.32 Å². The van der Waals surface area contributed by atoms with Crippen LogP contribution in [-0.2, 0) is 4.79 Å². The molecule has 0 rings (SSSR count). The first-order chi connectivity index (χ1) is 6.31. The van der Waals surface area contributed by atoms with Crippen molar-refractivity contribution in [2.75, 3.05) is 10.7 Å². The predicted molar refractivity (Wildman–Crippen MR) is 68.2 cm³/mol. The Bertz CT molecular complexity index is 200. The minimum Gasteiger partial charge on any atom is -0.349 e. The molecule has 0 saturated heterocycles. The molecule has 0 aliphatic carbocycles. The van der Waals surface area contributed by atoms with Gasteiger partial charge in [0.15, 0.2) is 0 Å². The molecule has 0 unspecified atom stereocenters. The second kappa shape index (κ2) is 5.50. The first kappa shape index (κ1) is 14.4. The zero-order valence-electron chi connectivity index (χ0n) is 9.29. The molecule has 0 aliphatic rings. The van der Waals surface area contributed by atoms with Crippen LogP contribution < -0.4 is 5.32 Å². The molecule has 1 amide bonds. The predicted octanol–water partition coefficient (Wildman–Crippen LogP) is 3.09. The average molecular weight is 329 g/mol. The Hall–Kier alpha value is 0.430. The Morgan fingerprint density at radius 3 is 1.93 bits per heavy atom. The minimum absolute atomic E-state index is 0.112. The van der Waals surface area contributed by atoms with Crippen molar-refractivity contribution in [2.24, 2.45) is 5.41 Å². The summed E-state index contributed by atoms with van der Waals surface area (Å²) in [6.07, 6.45) is 0.847. The molecule has 14 heavy (non-hydrogen) atoms. The van der Waals surface area contributed by atoms with E-state index in [9.17, 15) is 4.79 Å². The third-order valence-electron chi connectivity index (χ3n) is 2.50. The summed E-state index contributed by atoms with van der Waals surface area (Å²) in [4.78, 5) is 11.9. The lowest BCUT2D eigenvalue weighted by molar-refractivity contribution is -0.130. The van der Waals surface area contributed by atoms with E-state index in [1.54, 1.807) is 0 Å². The summed E-state index contributed by atoms with van der Waals surface area (Å²) in [5.41, 5.74) is -0.491. The van der Waals surface area contributed by atoms with Crippen molar-refractivity contribution in [1.29, 1.82) is 0 Å². The van der Waals surface area contributed by atoms with Gasteiger partial charge in [-0.05, 0) is 13.3 Å². The van der Waals surface area contributed by atoms with Crippen LogP contribution in [0, 0.1) is 5.41 Å².